The van der Waals surface area contributed by atoms with Crippen molar-refractivity contribution in [1.29, 1.82) is 0 Å². The van der Waals surface area contributed by atoms with Gasteiger partial charge in [-0.25, -0.2) is 0 Å². The van der Waals surface area contributed by atoms with Crippen molar-refractivity contribution in [3.8, 4) is 0 Å². The average Bonchev–Trinajstić information content (AvgIpc) is 2.74. The van der Waals surface area contributed by atoms with E-state index in [1.54, 1.807) is 0 Å². The van der Waals surface area contributed by atoms with Crippen molar-refractivity contribution < 1.29 is 9.90 Å². The molecule has 4 nitrogen and oxygen atoms in total. The molecule has 0 aromatic carbocycles. The van der Waals surface area contributed by atoms with Gasteiger partial charge < -0.3 is 10.0 Å². The van der Waals surface area contributed by atoms with Crippen LogP contribution >= 0.6 is 0 Å². The maximum Gasteiger partial charge on any atom is 0.237 e. The first-order valence-corrected chi connectivity index (χ1v) is 8.16. The molecular weight excluding hydrogens is 252 g/mol. The zero-order valence-electron chi connectivity index (χ0n) is 13.2. The third-order valence-corrected chi connectivity index (χ3v) is 5.05. The molecule has 1 aliphatic carbocycles. The van der Waals surface area contributed by atoms with Crippen molar-refractivity contribution in [3.63, 3.8) is 0 Å². The highest BCUT2D eigenvalue weighted by atomic mass is 16.3. The van der Waals surface area contributed by atoms with Gasteiger partial charge in [0.2, 0.25) is 5.91 Å². The molecule has 1 heterocycles. The fraction of sp³-hybridized carbons (Fsp3) is 0.938. The summed E-state index contributed by atoms with van der Waals surface area (Å²) in [7, 11) is 2.00. The van der Waals surface area contributed by atoms with Gasteiger partial charge in [-0.3, -0.25) is 9.69 Å². The van der Waals surface area contributed by atoms with Gasteiger partial charge in [-0.1, -0.05) is 6.42 Å². The molecular formula is C16H30N2O2. The van der Waals surface area contributed by atoms with Crippen molar-refractivity contribution >= 4 is 5.91 Å². The number of hydrogen-bond donors (Lipinski definition) is 1. The first kappa shape index (κ1) is 15.8. The Morgan fingerprint density at radius 2 is 1.75 bits per heavy atom. The monoisotopic (exact) mass is 282 g/mol. The summed E-state index contributed by atoms with van der Waals surface area (Å²) in [6, 6.07) is 0.744. The Balaban J connectivity index is 1.83. The first-order valence-electron chi connectivity index (χ1n) is 8.16. The summed E-state index contributed by atoms with van der Waals surface area (Å²) in [5, 5.41) is 9.88. The van der Waals surface area contributed by atoms with Crippen molar-refractivity contribution in [3.05, 3.63) is 0 Å². The van der Waals surface area contributed by atoms with Crippen molar-refractivity contribution in [2.75, 3.05) is 20.1 Å². The second-order valence-corrected chi connectivity index (χ2v) is 6.89. The minimum atomic E-state index is -0.166. The molecule has 4 atom stereocenters. The predicted octanol–water partition coefficient (Wildman–Crippen LogP) is 1.87. The number of carbonyl (C=O) groups is 1. The van der Waals surface area contributed by atoms with E-state index in [1.807, 2.05) is 7.05 Å². The average molecular weight is 282 g/mol. The Morgan fingerprint density at radius 3 is 2.30 bits per heavy atom. The number of rotatable bonds is 4. The summed E-state index contributed by atoms with van der Waals surface area (Å²) in [6.07, 6.45) is 6.45. The van der Waals surface area contributed by atoms with Crippen LogP contribution in [0.2, 0.25) is 0 Å². The molecule has 1 N–H and O–H groups in total. The SMILES string of the molecule is CC1CCCC(C)N1C(=O)CN(C)CC1CCCC1O. The fourth-order valence-electron chi connectivity index (χ4n) is 3.92. The van der Waals surface area contributed by atoms with Crippen LogP contribution in [0.1, 0.15) is 52.4 Å². The molecule has 0 radical (unpaired) electrons. The van der Waals surface area contributed by atoms with Crippen molar-refractivity contribution in [1.82, 2.24) is 9.80 Å². The lowest BCUT2D eigenvalue weighted by atomic mass is 9.97. The molecule has 0 aromatic rings. The van der Waals surface area contributed by atoms with E-state index >= 15 is 0 Å². The molecule has 116 valence electrons. The number of hydrogen-bond acceptors (Lipinski definition) is 3. The molecule has 1 saturated heterocycles. The minimum absolute atomic E-state index is 0.166. The third-order valence-electron chi connectivity index (χ3n) is 5.05. The number of amides is 1. The standard InChI is InChI=1S/C16H30N2O2/c1-12-6-4-7-13(2)18(12)16(20)11-17(3)10-14-8-5-9-15(14)19/h12-15,19H,4-11H2,1-3H3. The molecule has 2 fully saturated rings. The van der Waals surface area contributed by atoms with E-state index in [1.165, 1.54) is 6.42 Å². The number of aliphatic hydroxyl groups excluding tert-OH is 1. The first-order chi connectivity index (χ1) is 9.49. The maximum atomic E-state index is 12.5. The Kier molecular flexibility index (Phi) is 5.44. The number of aliphatic hydroxyl groups is 1. The maximum absolute atomic E-state index is 12.5. The third kappa shape index (κ3) is 3.73. The highest BCUT2D eigenvalue weighted by molar-refractivity contribution is 5.79. The van der Waals surface area contributed by atoms with E-state index in [-0.39, 0.29) is 12.0 Å². The highest BCUT2D eigenvalue weighted by Gasteiger charge is 2.31. The van der Waals surface area contributed by atoms with Crippen LogP contribution in [0.3, 0.4) is 0 Å². The second-order valence-electron chi connectivity index (χ2n) is 6.89. The molecule has 2 rings (SSSR count). The molecule has 1 amide bonds. The summed E-state index contributed by atoms with van der Waals surface area (Å²) < 4.78 is 0. The number of likely N-dealkylation sites (N-methyl/N-ethyl adjacent to an activating group) is 1. The largest absolute Gasteiger partial charge is 0.393 e. The molecule has 0 bridgehead atoms. The number of likely N-dealkylation sites (tertiary alicyclic amines) is 1. The van der Waals surface area contributed by atoms with Gasteiger partial charge in [0, 0.05) is 18.6 Å². The van der Waals surface area contributed by atoms with Crippen LogP contribution in [0.5, 0.6) is 0 Å². The quantitative estimate of drug-likeness (QED) is 0.856. The van der Waals surface area contributed by atoms with Crippen LogP contribution in [0.15, 0.2) is 0 Å². The van der Waals surface area contributed by atoms with Gasteiger partial charge >= 0.3 is 0 Å². The second kappa shape index (κ2) is 6.90. The Bertz CT molecular complexity index is 324. The molecule has 0 aromatic heterocycles. The number of piperidine rings is 1. The lowest BCUT2D eigenvalue weighted by molar-refractivity contribution is -0.138. The fourth-order valence-corrected chi connectivity index (χ4v) is 3.92. The highest BCUT2D eigenvalue weighted by Crippen LogP contribution is 2.26. The van der Waals surface area contributed by atoms with Gasteiger partial charge in [-0.15, -0.1) is 0 Å². The normalized spacial score (nSPS) is 34.8. The van der Waals surface area contributed by atoms with Gasteiger partial charge in [-0.05, 0) is 58.9 Å². The molecule has 1 saturated carbocycles. The summed E-state index contributed by atoms with van der Waals surface area (Å²) in [4.78, 5) is 16.7. The van der Waals surface area contributed by atoms with E-state index in [2.05, 4.69) is 23.6 Å². The molecule has 1 aliphatic heterocycles. The van der Waals surface area contributed by atoms with E-state index in [9.17, 15) is 9.90 Å². The Hall–Kier alpha value is -0.610. The van der Waals surface area contributed by atoms with Gasteiger partial charge in [-0.2, -0.15) is 0 Å². The summed E-state index contributed by atoms with van der Waals surface area (Å²) >= 11 is 0. The van der Waals surface area contributed by atoms with Gasteiger partial charge in [0.05, 0.1) is 12.6 Å². The van der Waals surface area contributed by atoms with Gasteiger partial charge in [0.25, 0.3) is 0 Å². The molecule has 0 spiro atoms. The van der Waals surface area contributed by atoms with Gasteiger partial charge in [0.1, 0.15) is 0 Å². The van der Waals surface area contributed by atoms with E-state index in [4.69, 9.17) is 0 Å². The summed E-state index contributed by atoms with van der Waals surface area (Å²) in [6.45, 7) is 5.64. The van der Waals surface area contributed by atoms with Crippen LogP contribution in [-0.4, -0.2) is 59.1 Å². The minimum Gasteiger partial charge on any atom is -0.393 e. The van der Waals surface area contributed by atoms with Crippen LogP contribution in [0, 0.1) is 5.92 Å². The zero-order valence-corrected chi connectivity index (χ0v) is 13.2. The van der Waals surface area contributed by atoms with Crippen LogP contribution in [0.4, 0.5) is 0 Å². The van der Waals surface area contributed by atoms with Crippen molar-refractivity contribution in [2.24, 2.45) is 5.92 Å². The van der Waals surface area contributed by atoms with Gasteiger partial charge in [0.15, 0.2) is 0 Å². The Morgan fingerprint density at radius 1 is 1.15 bits per heavy atom. The predicted molar refractivity (Wildman–Crippen MR) is 80.5 cm³/mol. The summed E-state index contributed by atoms with van der Waals surface area (Å²) in [5.74, 6) is 0.601. The van der Waals surface area contributed by atoms with E-state index in [0.29, 0.717) is 24.5 Å². The van der Waals surface area contributed by atoms with Crippen LogP contribution in [0.25, 0.3) is 0 Å². The zero-order chi connectivity index (χ0) is 14.7. The van der Waals surface area contributed by atoms with Crippen LogP contribution in [-0.2, 0) is 4.79 Å². The topological polar surface area (TPSA) is 43.8 Å². The smallest absolute Gasteiger partial charge is 0.237 e. The molecule has 20 heavy (non-hydrogen) atoms. The van der Waals surface area contributed by atoms with Crippen molar-refractivity contribution in [2.45, 2.75) is 70.6 Å². The number of nitrogens with zero attached hydrogens (tertiary/aromatic N) is 2. The molecule has 2 aliphatic rings. The van der Waals surface area contributed by atoms with E-state index < -0.39 is 0 Å². The number of carbonyl (C=O) groups excluding carboxylic acids is 1. The molecule has 4 unspecified atom stereocenters. The Labute approximate surface area is 123 Å². The van der Waals surface area contributed by atoms with Crippen LogP contribution < -0.4 is 0 Å². The lowest BCUT2D eigenvalue weighted by Gasteiger charge is -2.40. The lowest BCUT2D eigenvalue weighted by Crippen LogP contribution is -2.51. The molecule has 4 heteroatoms. The summed E-state index contributed by atoms with van der Waals surface area (Å²) in [5.41, 5.74) is 0. The van der Waals surface area contributed by atoms with E-state index in [0.717, 1.165) is 38.6 Å².